The van der Waals surface area contributed by atoms with Gasteiger partial charge in [0.15, 0.2) is 0 Å². The Hall–Kier alpha value is -1.88. The number of carbonyl (C=O) groups excluding carboxylic acids is 2. The molecular formula is C16H23N3O2. The maximum absolute atomic E-state index is 12.1. The molecule has 1 aliphatic rings. The molecule has 1 atom stereocenters. The summed E-state index contributed by atoms with van der Waals surface area (Å²) in [5.74, 6) is -0.133. The first-order valence-corrected chi connectivity index (χ1v) is 7.46. The van der Waals surface area contributed by atoms with E-state index >= 15 is 0 Å². The molecule has 1 heterocycles. The van der Waals surface area contributed by atoms with Crippen molar-refractivity contribution in [2.75, 3.05) is 25.5 Å². The zero-order chi connectivity index (χ0) is 15.2. The van der Waals surface area contributed by atoms with Crippen molar-refractivity contribution in [2.24, 2.45) is 0 Å². The Bertz CT molecular complexity index is 499. The molecule has 5 nitrogen and oxygen atoms in total. The molecule has 5 heteroatoms. The average Bonchev–Trinajstić information content (AvgIpc) is 2.49. The molecular weight excluding hydrogens is 266 g/mol. The monoisotopic (exact) mass is 289 g/mol. The van der Waals surface area contributed by atoms with Crippen molar-refractivity contribution in [3.05, 3.63) is 29.8 Å². The second kappa shape index (κ2) is 7.22. The Balaban J connectivity index is 1.88. The van der Waals surface area contributed by atoms with Crippen LogP contribution in [-0.4, -0.2) is 42.9 Å². The molecule has 114 valence electrons. The second-order valence-corrected chi connectivity index (χ2v) is 5.52. The lowest BCUT2D eigenvalue weighted by Crippen LogP contribution is -2.42. The Kier molecular flexibility index (Phi) is 5.33. The van der Waals surface area contributed by atoms with Gasteiger partial charge in [0.1, 0.15) is 0 Å². The molecule has 21 heavy (non-hydrogen) atoms. The smallest absolute Gasteiger partial charge is 0.251 e. The van der Waals surface area contributed by atoms with Crippen LogP contribution in [0, 0.1) is 0 Å². The lowest BCUT2D eigenvalue weighted by molar-refractivity contribution is -0.118. The van der Waals surface area contributed by atoms with E-state index in [1.165, 1.54) is 12.8 Å². The Morgan fingerprint density at radius 3 is 2.57 bits per heavy atom. The van der Waals surface area contributed by atoms with Crippen LogP contribution in [0.3, 0.4) is 0 Å². The highest BCUT2D eigenvalue weighted by Gasteiger charge is 2.20. The minimum Gasteiger partial charge on any atom is -0.355 e. The first kappa shape index (κ1) is 15.5. The highest BCUT2D eigenvalue weighted by Crippen LogP contribution is 2.16. The fourth-order valence-electron chi connectivity index (χ4n) is 2.63. The summed E-state index contributed by atoms with van der Waals surface area (Å²) in [7, 11) is 1.60. The van der Waals surface area contributed by atoms with E-state index < -0.39 is 0 Å². The van der Waals surface area contributed by atoms with Crippen LogP contribution in [0.1, 0.15) is 36.5 Å². The molecule has 1 aromatic rings. The van der Waals surface area contributed by atoms with Crippen LogP contribution in [0.15, 0.2) is 24.3 Å². The van der Waals surface area contributed by atoms with Crippen molar-refractivity contribution in [3.8, 4) is 0 Å². The summed E-state index contributed by atoms with van der Waals surface area (Å²) in [6.45, 7) is 3.59. The van der Waals surface area contributed by atoms with Gasteiger partial charge in [-0.3, -0.25) is 14.5 Å². The standard InChI is InChI=1S/C16H23N3O2/c1-12-5-3-4-10-19(12)11-15(20)18-14-8-6-13(7-9-14)16(21)17-2/h6-9,12H,3-5,10-11H2,1-2H3,(H,17,21)(H,18,20). The van der Waals surface area contributed by atoms with Gasteiger partial charge >= 0.3 is 0 Å². The van der Waals surface area contributed by atoms with E-state index in [0.717, 1.165) is 18.7 Å². The number of hydrogen-bond donors (Lipinski definition) is 2. The molecule has 1 saturated heterocycles. The van der Waals surface area contributed by atoms with Gasteiger partial charge in [0.25, 0.3) is 5.91 Å². The van der Waals surface area contributed by atoms with Crippen molar-refractivity contribution >= 4 is 17.5 Å². The van der Waals surface area contributed by atoms with Crippen molar-refractivity contribution < 1.29 is 9.59 Å². The van der Waals surface area contributed by atoms with Crippen molar-refractivity contribution in [1.29, 1.82) is 0 Å². The van der Waals surface area contributed by atoms with E-state index in [-0.39, 0.29) is 11.8 Å². The van der Waals surface area contributed by atoms with Crippen LogP contribution in [-0.2, 0) is 4.79 Å². The van der Waals surface area contributed by atoms with E-state index in [9.17, 15) is 9.59 Å². The summed E-state index contributed by atoms with van der Waals surface area (Å²) in [5, 5.41) is 5.45. The molecule has 0 aliphatic carbocycles. The SMILES string of the molecule is CNC(=O)c1ccc(NC(=O)CN2CCCCC2C)cc1. The minimum absolute atomic E-state index is 0.00329. The number of piperidine rings is 1. The fraction of sp³-hybridized carbons (Fsp3) is 0.500. The maximum Gasteiger partial charge on any atom is 0.251 e. The Labute approximate surface area is 125 Å². The molecule has 1 unspecified atom stereocenters. The van der Waals surface area contributed by atoms with E-state index in [1.54, 1.807) is 31.3 Å². The van der Waals surface area contributed by atoms with Crippen molar-refractivity contribution in [2.45, 2.75) is 32.2 Å². The van der Waals surface area contributed by atoms with Crippen LogP contribution in [0.5, 0.6) is 0 Å². The van der Waals surface area contributed by atoms with Gasteiger partial charge in [0, 0.05) is 24.3 Å². The number of carbonyl (C=O) groups is 2. The van der Waals surface area contributed by atoms with Crippen LogP contribution in [0.2, 0.25) is 0 Å². The summed E-state index contributed by atoms with van der Waals surface area (Å²) in [6, 6.07) is 7.39. The van der Waals surface area contributed by atoms with Gasteiger partial charge in [-0.2, -0.15) is 0 Å². The van der Waals surface area contributed by atoms with Gasteiger partial charge in [-0.05, 0) is 50.6 Å². The third-order valence-corrected chi connectivity index (χ3v) is 3.95. The van der Waals surface area contributed by atoms with Crippen LogP contribution >= 0.6 is 0 Å². The summed E-state index contributed by atoms with van der Waals surface area (Å²) in [5.41, 5.74) is 1.30. The van der Waals surface area contributed by atoms with E-state index in [0.29, 0.717) is 18.2 Å². The molecule has 0 saturated carbocycles. The highest BCUT2D eigenvalue weighted by molar-refractivity contribution is 5.96. The molecule has 2 rings (SSSR count). The first-order valence-electron chi connectivity index (χ1n) is 7.46. The molecule has 0 spiro atoms. The van der Waals surface area contributed by atoms with Crippen LogP contribution in [0.25, 0.3) is 0 Å². The van der Waals surface area contributed by atoms with E-state index in [1.807, 2.05) is 0 Å². The third-order valence-electron chi connectivity index (χ3n) is 3.95. The summed E-state index contributed by atoms with van der Waals surface area (Å²) >= 11 is 0. The van der Waals surface area contributed by atoms with Crippen LogP contribution in [0.4, 0.5) is 5.69 Å². The first-order chi connectivity index (χ1) is 10.1. The Morgan fingerprint density at radius 2 is 1.95 bits per heavy atom. The number of rotatable bonds is 4. The van der Waals surface area contributed by atoms with E-state index in [4.69, 9.17) is 0 Å². The number of benzene rings is 1. The predicted octanol–water partition coefficient (Wildman–Crippen LogP) is 1.86. The lowest BCUT2D eigenvalue weighted by atomic mass is 10.0. The van der Waals surface area contributed by atoms with Gasteiger partial charge in [-0.1, -0.05) is 6.42 Å². The summed E-state index contributed by atoms with van der Waals surface area (Å²) in [4.78, 5) is 25.7. The van der Waals surface area contributed by atoms with Gasteiger partial charge in [0.2, 0.25) is 5.91 Å². The normalized spacial score (nSPS) is 19.0. The molecule has 1 aliphatic heterocycles. The molecule has 2 amide bonds. The number of nitrogens with zero attached hydrogens (tertiary/aromatic N) is 1. The molecule has 0 aromatic heterocycles. The van der Waals surface area contributed by atoms with Crippen LogP contribution < -0.4 is 10.6 Å². The Morgan fingerprint density at radius 1 is 1.24 bits per heavy atom. The highest BCUT2D eigenvalue weighted by atomic mass is 16.2. The minimum atomic E-state index is -0.130. The zero-order valence-electron chi connectivity index (χ0n) is 12.7. The van der Waals surface area contributed by atoms with Gasteiger partial charge < -0.3 is 10.6 Å². The molecule has 0 bridgehead atoms. The van der Waals surface area contributed by atoms with Crippen molar-refractivity contribution in [3.63, 3.8) is 0 Å². The number of hydrogen-bond acceptors (Lipinski definition) is 3. The largest absolute Gasteiger partial charge is 0.355 e. The second-order valence-electron chi connectivity index (χ2n) is 5.52. The van der Waals surface area contributed by atoms with Crippen molar-refractivity contribution in [1.82, 2.24) is 10.2 Å². The predicted molar refractivity (Wildman–Crippen MR) is 83.3 cm³/mol. The zero-order valence-corrected chi connectivity index (χ0v) is 12.7. The molecule has 2 N–H and O–H groups in total. The third kappa shape index (κ3) is 4.29. The number of nitrogens with one attached hydrogen (secondary N) is 2. The quantitative estimate of drug-likeness (QED) is 0.889. The average molecular weight is 289 g/mol. The molecule has 1 aromatic carbocycles. The van der Waals surface area contributed by atoms with Gasteiger partial charge in [-0.15, -0.1) is 0 Å². The fourth-order valence-corrected chi connectivity index (χ4v) is 2.63. The van der Waals surface area contributed by atoms with E-state index in [2.05, 4.69) is 22.5 Å². The number of likely N-dealkylation sites (tertiary alicyclic amines) is 1. The van der Waals surface area contributed by atoms with Gasteiger partial charge in [-0.25, -0.2) is 0 Å². The summed E-state index contributed by atoms with van der Waals surface area (Å²) < 4.78 is 0. The molecule has 1 fully saturated rings. The number of anilines is 1. The van der Waals surface area contributed by atoms with Gasteiger partial charge in [0.05, 0.1) is 6.54 Å². The summed E-state index contributed by atoms with van der Waals surface area (Å²) in [6.07, 6.45) is 3.58. The topological polar surface area (TPSA) is 61.4 Å². The molecule has 0 radical (unpaired) electrons. The maximum atomic E-state index is 12.1. The number of amides is 2. The lowest BCUT2D eigenvalue weighted by Gasteiger charge is -2.32.